The number of amides is 1. The van der Waals surface area contributed by atoms with Gasteiger partial charge in [0.05, 0.1) is 23.7 Å². The van der Waals surface area contributed by atoms with Crippen LogP contribution in [0.25, 0.3) is 6.08 Å². The van der Waals surface area contributed by atoms with E-state index in [9.17, 15) is 24.6 Å². The van der Waals surface area contributed by atoms with Gasteiger partial charge in [-0.05, 0) is 42.0 Å². The van der Waals surface area contributed by atoms with Crippen LogP contribution < -0.4 is 14.8 Å². The van der Waals surface area contributed by atoms with Crippen molar-refractivity contribution < 1.29 is 23.6 Å². The van der Waals surface area contributed by atoms with E-state index in [1.54, 1.807) is 6.07 Å². The number of carbonyl (C=O) groups is 1. The van der Waals surface area contributed by atoms with Crippen molar-refractivity contribution in [3.05, 3.63) is 99.4 Å². The fourth-order valence-corrected chi connectivity index (χ4v) is 2.88. The van der Waals surface area contributed by atoms with E-state index >= 15 is 0 Å². The highest BCUT2D eigenvalue weighted by molar-refractivity contribution is 6.10. The first-order valence-electron chi connectivity index (χ1n) is 9.63. The van der Waals surface area contributed by atoms with Gasteiger partial charge in [0.15, 0.2) is 11.5 Å². The molecule has 0 fully saturated rings. The third kappa shape index (κ3) is 5.92. The second kappa shape index (κ2) is 10.5. The zero-order chi connectivity index (χ0) is 23.8. The number of nitrogens with zero attached hydrogens (tertiary/aromatic N) is 2. The molecule has 3 aromatic rings. The second-order valence-electron chi connectivity index (χ2n) is 6.72. The Hall–Kier alpha value is -4.71. The lowest BCUT2D eigenvalue weighted by atomic mass is 10.1. The third-order valence-corrected chi connectivity index (χ3v) is 4.51. The summed E-state index contributed by atoms with van der Waals surface area (Å²) < 4.78 is 24.0. The first-order chi connectivity index (χ1) is 15.9. The summed E-state index contributed by atoms with van der Waals surface area (Å²) in [4.78, 5) is 23.5. The number of benzene rings is 3. The van der Waals surface area contributed by atoms with Gasteiger partial charge in [-0.15, -0.1) is 0 Å². The minimum absolute atomic E-state index is 0.0188. The molecule has 1 amide bonds. The van der Waals surface area contributed by atoms with Crippen molar-refractivity contribution >= 4 is 23.4 Å². The molecule has 3 aromatic carbocycles. The molecule has 0 heterocycles. The fraction of sp³-hybridized carbons (Fsp3) is 0.0833. The predicted molar refractivity (Wildman–Crippen MR) is 119 cm³/mol. The van der Waals surface area contributed by atoms with Gasteiger partial charge in [0.1, 0.15) is 24.1 Å². The van der Waals surface area contributed by atoms with Crippen LogP contribution >= 0.6 is 0 Å². The van der Waals surface area contributed by atoms with Gasteiger partial charge >= 0.3 is 0 Å². The maximum atomic E-state index is 13.0. The minimum Gasteiger partial charge on any atom is -0.493 e. The first kappa shape index (κ1) is 23.0. The van der Waals surface area contributed by atoms with E-state index in [0.717, 1.165) is 23.8 Å². The number of halogens is 1. The number of rotatable bonds is 8. The number of nitriles is 1. The Labute approximate surface area is 188 Å². The van der Waals surface area contributed by atoms with E-state index in [4.69, 9.17) is 9.47 Å². The maximum Gasteiger partial charge on any atom is 0.280 e. The molecule has 1 N–H and O–H groups in total. The number of nitro groups is 1. The first-order valence-corrected chi connectivity index (χ1v) is 9.63. The zero-order valence-corrected chi connectivity index (χ0v) is 17.4. The Balaban J connectivity index is 1.92. The Morgan fingerprint density at radius 1 is 1.15 bits per heavy atom. The Bertz CT molecular complexity index is 1240. The molecule has 0 spiro atoms. The molecule has 0 atom stereocenters. The van der Waals surface area contributed by atoms with Crippen molar-refractivity contribution in [1.82, 2.24) is 0 Å². The largest absolute Gasteiger partial charge is 0.493 e. The van der Waals surface area contributed by atoms with Gasteiger partial charge in [0.2, 0.25) is 0 Å². The summed E-state index contributed by atoms with van der Waals surface area (Å²) in [5.41, 5.74) is 0.341. The van der Waals surface area contributed by atoms with Crippen LogP contribution in [0, 0.1) is 27.3 Å². The van der Waals surface area contributed by atoms with Crippen LogP contribution in [0.5, 0.6) is 11.5 Å². The third-order valence-electron chi connectivity index (χ3n) is 4.51. The molecule has 0 unspecified atom stereocenters. The number of nitro benzene ring substituents is 1. The minimum atomic E-state index is -0.804. The molecule has 0 bridgehead atoms. The average molecular weight is 447 g/mol. The van der Waals surface area contributed by atoms with Crippen molar-refractivity contribution in [2.45, 2.75) is 6.61 Å². The summed E-state index contributed by atoms with van der Waals surface area (Å²) in [7, 11) is 1.37. The molecule has 9 heteroatoms. The highest BCUT2D eigenvalue weighted by Crippen LogP contribution is 2.36. The van der Waals surface area contributed by atoms with Crippen LogP contribution in [0.2, 0.25) is 0 Å². The molecule has 0 aromatic heterocycles. The number of anilines is 1. The van der Waals surface area contributed by atoms with E-state index < -0.39 is 16.6 Å². The van der Waals surface area contributed by atoms with Crippen LogP contribution in [0.1, 0.15) is 11.1 Å². The van der Waals surface area contributed by atoms with E-state index in [1.165, 1.54) is 31.4 Å². The molecular weight excluding hydrogens is 429 g/mol. The van der Waals surface area contributed by atoms with Crippen molar-refractivity contribution in [2.75, 3.05) is 12.4 Å². The number of hydrogen-bond donors (Lipinski definition) is 1. The summed E-state index contributed by atoms with van der Waals surface area (Å²) in [6, 6.07) is 18.4. The monoisotopic (exact) mass is 447 g/mol. The normalized spacial score (nSPS) is 10.8. The molecule has 3 rings (SSSR count). The highest BCUT2D eigenvalue weighted by atomic mass is 19.1. The van der Waals surface area contributed by atoms with Crippen LogP contribution in [-0.2, 0) is 11.4 Å². The molecule has 0 aliphatic carbocycles. The fourth-order valence-electron chi connectivity index (χ4n) is 2.88. The molecule has 8 nitrogen and oxygen atoms in total. The summed E-state index contributed by atoms with van der Waals surface area (Å²) in [5.74, 6) is -0.957. The van der Waals surface area contributed by atoms with Gasteiger partial charge in [-0.2, -0.15) is 5.26 Å². The maximum absolute atomic E-state index is 13.0. The molecule has 0 aliphatic rings. The smallest absolute Gasteiger partial charge is 0.280 e. The lowest BCUT2D eigenvalue weighted by molar-refractivity contribution is -0.385. The number of nitrogens with one attached hydrogen (secondary N) is 1. The zero-order valence-electron chi connectivity index (χ0n) is 17.4. The number of carbonyl (C=O) groups excluding carboxylic acids is 1. The molecule has 0 saturated heterocycles. The molecular formula is C24H18FN3O5. The van der Waals surface area contributed by atoms with E-state index in [-0.39, 0.29) is 40.6 Å². The Morgan fingerprint density at radius 3 is 2.45 bits per heavy atom. The van der Waals surface area contributed by atoms with Gasteiger partial charge in [-0.1, -0.05) is 30.3 Å². The molecule has 0 aliphatic heterocycles. The number of methoxy groups -OCH3 is 1. The number of ether oxygens (including phenoxy) is 2. The predicted octanol–water partition coefficient (Wildman–Crippen LogP) is 4.87. The summed E-state index contributed by atoms with van der Waals surface area (Å²) in [6.45, 7) is 0.160. The van der Waals surface area contributed by atoms with Gasteiger partial charge < -0.3 is 14.8 Å². The quantitative estimate of drug-likeness (QED) is 0.228. The van der Waals surface area contributed by atoms with Crippen LogP contribution in [0.15, 0.2) is 72.3 Å². The summed E-state index contributed by atoms with van der Waals surface area (Å²) in [6.07, 6.45) is 1.08. The molecule has 0 radical (unpaired) electrons. The molecule has 33 heavy (non-hydrogen) atoms. The SMILES string of the molecule is COc1cc(/C=C(\C#N)C(=O)Nc2ccc(F)cc2)c([N+](=O)[O-])cc1OCc1ccccc1. The van der Waals surface area contributed by atoms with Gasteiger partial charge in [-0.3, -0.25) is 14.9 Å². The van der Waals surface area contributed by atoms with Crippen molar-refractivity contribution in [2.24, 2.45) is 0 Å². The Kier molecular flexibility index (Phi) is 7.34. The lowest BCUT2D eigenvalue weighted by Gasteiger charge is -2.12. The van der Waals surface area contributed by atoms with Gasteiger partial charge in [0.25, 0.3) is 11.6 Å². The lowest BCUT2D eigenvalue weighted by Crippen LogP contribution is -2.13. The van der Waals surface area contributed by atoms with E-state index in [0.29, 0.717) is 0 Å². The van der Waals surface area contributed by atoms with Gasteiger partial charge in [0, 0.05) is 5.69 Å². The Morgan fingerprint density at radius 2 is 1.85 bits per heavy atom. The van der Waals surface area contributed by atoms with Crippen molar-refractivity contribution in [1.29, 1.82) is 5.26 Å². The van der Waals surface area contributed by atoms with E-state index in [2.05, 4.69) is 5.32 Å². The average Bonchev–Trinajstić information content (AvgIpc) is 2.83. The highest BCUT2D eigenvalue weighted by Gasteiger charge is 2.21. The van der Waals surface area contributed by atoms with Crippen molar-refractivity contribution in [3.8, 4) is 17.6 Å². The standard InChI is InChI=1S/C24H18FN3O5/c1-32-22-12-17(11-18(14-26)24(29)27-20-9-7-19(25)8-10-20)21(28(30)31)13-23(22)33-15-16-5-3-2-4-6-16/h2-13H,15H2,1H3,(H,27,29)/b18-11+. The molecule has 166 valence electrons. The summed E-state index contributed by atoms with van der Waals surface area (Å²) >= 11 is 0. The molecule has 0 saturated carbocycles. The van der Waals surface area contributed by atoms with Crippen molar-refractivity contribution in [3.63, 3.8) is 0 Å². The number of hydrogen-bond acceptors (Lipinski definition) is 6. The van der Waals surface area contributed by atoms with Gasteiger partial charge in [-0.25, -0.2) is 4.39 Å². The van der Waals surface area contributed by atoms with Crippen LogP contribution in [-0.4, -0.2) is 17.9 Å². The van der Waals surface area contributed by atoms with Crippen LogP contribution in [0.4, 0.5) is 15.8 Å². The second-order valence-corrected chi connectivity index (χ2v) is 6.72. The van der Waals surface area contributed by atoms with E-state index in [1.807, 2.05) is 30.3 Å². The van der Waals surface area contributed by atoms with Crippen LogP contribution in [0.3, 0.4) is 0 Å². The summed E-state index contributed by atoms with van der Waals surface area (Å²) in [5, 5.41) is 23.6. The topological polar surface area (TPSA) is 114 Å².